The van der Waals surface area contributed by atoms with E-state index < -0.39 is 11.4 Å². The Morgan fingerprint density at radius 2 is 1.10 bits per heavy atom. The summed E-state index contributed by atoms with van der Waals surface area (Å²) in [5, 5.41) is 21.2. The number of unbranched alkanes of at least 4 members (excludes halogenated alkanes) is 1. The number of H-pyrrole nitrogens is 2. The molecule has 4 rings (SSSR count). The number of aromatic nitrogens is 6. The average Bonchev–Trinajstić information content (AvgIpc) is 3.34. The Bertz CT molecular complexity index is 1180. The van der Waals surface area contributed by atoms with Gasteiger partial charge in [-0.25, -0.2) is 19.8 Å². The normalized spacial score (nSPS) is 11.6. The first-order valence-electron chi connectivity index (χ1n) is 9.25. The van der Waals surface area contributed by atoms with Gasteiger partial charge in [0.25, 0.3) is 0 Å². The Morgan fingerprint density at radius 1 is 0.700 bits per heavy atom. The number of benzene rings is 2. The number of rotatable bonds is 7. The second-order valence-electron chi connectivity index (χ2n) is 6.23. The van der Waals surface area contributed by atoms with Crippen LogP contribution in [0.2, 0.25) is 0 Å². The van der Waals surface area contributed by atoms with Crippen molar-refractivity contribution in [3.8, 4) is 22.8 Å². The van der Waals surface area contributed by atoms with Crippen LogP contribution in [-0.4, -0.2) is 42.2 Å². The second-order valence-corrected chi connectivity index (χ2v) is 6.23. The fourth-order valence-electron chi connectivity index (χ4n) is 2.77. The van der Waals surface area contributed by atoms with E-state index in [-0.39, 0.29) is 0 Å². The van der Waals surface area contributed by atoms with Gasteiger partial charge in [-0.3, -0.25) is 0 Å². The number of hydrogen-bond acceptors (Lipinski definition) is 6. The minimum absolute atomic E-state index is 0.420. The number of aromatic amines is 2. The smallest absolute Gasteiger partial charge is 0.244 e. The molecule has 0 atom stereocenters. The van der Waals surface area contributed by atoms with Crippen LogP contribution in [0.5, 0.6) is 0 Å². The third kappa shape index (κ3) is 4.07. The molecule has 0 saturated heterocycles. The molecule has 0 fully saturated rings. The van der Waals surface area contributed by atoms with Crippen molar-refractivity contribution in [2.75, 3.05) is 0 Å². The lowest BCUT2D eigenvalue weighted by Crippen LogP contribution is -2.14. The largest absolute Gasteiger partial charge is 0.364 e. The predicted octanol–water partition coefficient (Wildman–Crippen LogP) is 1.94. The quantitative estimate of drug-likeness (QED) is 0.362. The lowest BCUT2D eigenvalue weighted by Gasteiger charge is -1.99. The first-order chi connectivity index (χ1) is 14.7. The molecule has 2 aromatic heterocycles. The topological polar surface area (TPSA) is 126 Å². The van der Waals surface area contributed by atoms with Gasteiger partial charge in [-0.15, -0.1) is 0 Å². The van der Waals surface area contributed by atoms with Crippen molar-refractivity contribution in [1.29, 1.82) is 0 Å². The first kappa shape index (κ1) is 19.0. The van der Waals surface area contributed by atoms with Crippen molar-refractivity contribution in [3.05, 3.63) is 81.6 Å². The molecule has 0 spiro atoms. The summed E-state index contributed by atoms with van der Waals surface area (Å²) < 4.78 is 2.42. The standard InChI is InChI=1S/C20H18N8O2/c29-19-25-23-17(15-9-3-1-4-10-15)27(19)21-13-7-8-14-22-28-18(24-26-20(28)30)16-11-5-2-6-12-16/h1-6,9-14H,7-8H2,(H,25,29)(H,26,30)/b21-13+,22-14+. The second kappa shape index (κ2) is 8.78. The van der Waals surface area contributed by atoms with Crippen molar-refractivity contribution in [2.24, 2.45) is 10.2 Å². The molecule has 0 aliphatic heterocycles. The highest BCUT2D eigenvalue weighted by Crippen LogP contribution is 2.14. The Morgan fingerprint density at radius 3 is 1.50 bits per heavy atom. The molecule has 0 radical (unpaired) electrons. The Hall–Kier alpha value is -4.34. The molecule has 0 aliphatic rings. The van der Waals surface area contributed by atoms with E-state index in [4.69, 9.17) is 0 Å². The molecule has 0 unspecified atom stereocenters. The van der Waals surface area contributed by atoms with Gasteiger partial charge in [0.1, 0.15) is 0 Å². The van der Waals surface area contributed by atoms with Crippen LogP contribution in [-0.2, 0) is 0 Å². The third-order valence-corrected chi connectivity index (χ3v) is 4.18. The van der Waals surface area contributed by atoms with Gasteiger partial charge in [0, 0.05) is 23.6 Å². The van der Waals surface area contributed by atoms with Crippen LogP contribution in [0.15, 0.2) is 80.5 Å². The number of nitrogens with zero attached hydrogens (tertiary/aromatic N) is 6. The molecular weight excluding hydrogens is 384 g/mol. The molecule has 150 valence electrons. The maximum absolute atomic E-state index is 12.0. The Labute approximate surface area is 170 Å². The summed E-state index contributed by atoms with van der Waals surface area (Å²) in [4.78, 5) is 23.9. The highest BCUT2D eigenvalue weighted by molar-refractivity contribution is 5.66. The molecule has 0 saturated carbocycles. The lowest BCUT2D eigenvalue weighted by atomic mass is 10.2. The van der Waals surface area contributed by atoms with Crippen LogP contribution in [0.1, 0.15) is 12.8 Å². The number of nitrogens with one attached hydrogen (secondary N) is 2. The lowest BCUT2D eigenvalue weighted by molar-refractivity contribution is 0.830. The van der Waals surface area contributed by atoms with Crippen LogP contribution in [0.3, 0.4) is 0 Å². The van der Waals surface area contributed by atoms with Crippen molar-refractivity contribution in [3.63, 3.8) is 0 Å². The van der Waals surface area contributed by atoms with Crippen molar-refractivity contribution < 1.29 is 0 Å². The average molecular weight is 402 g/mol. The molecule has 2 aromatic carbocycles. The third-order valence-electron chi connectivity index (χ3n) is 4.18. The highest BCUT2D eigenvalue weighted by atomic mass is 16.2. The zero-order valence-electron chi connectivity index (χ0n) is 15.8. The first-order valence-corrected chi connectivity index (χ1v) is 9.25. The minimum Gasteiger partial charge on any atom is -0.244 e. The monoisotopic (exact) mass is 402 g/mol. The molecule has 2 heterocycles. The SMILES string of the molecule is O=c1[nH]nc(-c2ccccc2)n1/N=C/CC/C=N/n1c(-c2ccccc2)n[nH]c1=O. The summed E-state index contributed by atoms with van der Waals surface area (Å²) in [6.07, 6.45) is 4.24. The molecular formula is C20H18N8O2. The van der Waals surface area contributed by atoms with E-state index in [1.807, 2.05) is 60.7 Å². The number of hydrogen-bond donors (Lipinski definition) is 2. The van der Waals surface area contributed by atoms with Gasteiger partial charge in [0.2, 0.25) is 0 Å². The van der Waals surface area contributed by atoms with E-state index >= 15 is 0 Å². The van der Waals surface area contributed by atoms with E-state index in [0.717, 1.165) is 11.1 Å². The summed E-state index contributed by atoms with van der Waals surface area (Å²) in [5.41, 5.74) is 0.720. The molecule has 10 nitrogen and oxygen atoms in total. The minimum atomic E-state index is -0.420. The van der Waals surface area contributed by atoms with Gasteiger partial charge in [0.15, 0.2) is 11.6 Å². The van der Waals surface area contributed by atoms with Gasteiger partial charge < -0.3 is 0 Å². The zero-order valence-corrected chi connectivity index (χ0v) is 15.8. The van der Waals surface area contributed by atoms with E-state index in [2.05, 4.69) is 30.6 Å². The van der Waals surface area contributed by atoms with Crippen LogP contribution in [0, 0.1) is 0 Å². The van der Waals surface area contributed by atoms with Gasteiger partial charge in [-0.05, 0) is 12.8 Å². The van der Waals surface area contributed by atoms with E-state index in [9.17, 15) is 9.59 Å². The zero-order chi connectivity index (χ0) is 20.8. The highest BCUT2D eigenvalue weighted by Gasteiger charge is 2.09. The van der Waals surface area contributed by atoms with Crippen LogP contribution in [0.25, 0.3) is 22.8 Å². The summed E-state index contributed by atoms with van der Waals surface area (Å²) in [6, 6.07) is 18.6. The molecule has 0 aliphatic carbocycles. The predicted molar refractivity (Wildman–Crippen MR) is 114 cm³/mol. The molecule has 2 N–H and O–H groups in total. The van der Waals surface area contributed by atoms with E-state index in [1.54, 1.807) is 12.4 Å². The Balaban J connectivity index is 1.43. The Kier molecular flexibility index (Phi) is 5.56. The molecule has 10 heteroatoms. The summed E-state index contributed by atoms with van der Waals surface area (Å²) in [6.45, 7) is 0. The maximum atomic E-state index is 12.0. The summed E-state index contributed by atoms with van der Waals surface area (Å²) in [5.74, 6) is 0.867. The molecule has 4 aromatic rings. The molecule has 0 amide bonds. The van der Waals surface area contributed by atoms with Crippen molar-refractivity contribution in [2.45, 2.75) is 12.8 Å². The maximum Gasteiger partial charge on any atom is 0.364 e. The van der Waals surface area contributed by atoms with Crippen LogP contribution >= 0.6 is 0 Å². The fraction of sp³-hybridized carbons (Fsp3) is 0.100. The summed E-state index contributed by atoms with van der Waals surface area (Å²) in [7, 11) is 0. The molecule has 0 bridgehead atoms. The van der Waals surface area contributed by atoms with E-state index in [1.165, 1.54) is 9.35 Å². The van der Waals surface area contributed by atoms with Gasteiger partial charge in [-0.1, -0.05) is 60.7 Å². The van der Waals surface area contributed by atoms with Gasteiger partial charge in [0.05, 0.1) is 0 Å². The van der Waals surface area contributed by atoms with Crippen molar-refractivity contribution >= 4 is 12.4 Å². The van der Waals surface area contributed by atoms with Crippen LogP contribution in [0.4, 0.5) is 0 Å². The fourth-order valence-corrected chi connectivity index (χ4v) is 2.77. The van der Waals surface area contributed by atoms with Gasteiger partial charge >= 0.3 is 11.4 Å². The summed E-state index contributed by atoms with van der Waals surface area (Å²) >= 11 is 0. The van der Waals surface area contributed by atoms with E-state index in [0.29, 0.717) is 24.5 Å². The van der Waals surface area contributed by atoms with Gasteiger partial charge in [-0.2, -0.15) is 29.8 Å². The van der Waals surface area contributed by atoms with Crippen LogP contribution < -0.4 is 11.4 Å². The molecule has 30 heavy (non-hydrogen) atoms. The van der Waals surface area contributed by atoms with Crippen molar-refractivity contribution in [1.82, 2.24) is 29.7 Å².